The number of aliphatic hydroxyl groups is 1. The molecule has 4 aromatic rings. The number of sulfonamides is 1. The average molecular weight is 614 g/mol. The van der Waals surface area contributed by atoms with E-state index in [1.54, 1.807) is 44.2 Å². The quantitative estimate of drug-likeness (QED) is 0.221. The summed E-state index contributed by atoms with van der Waals surface area (Å²) >= 11 is 0. The van der Waals surface area contributed by atoms with Crippen molar-refractivity contribution in [3.05, 3.63) is 77.6 Å². The summed E-state index contributed by atoms with van der Waals surface area (Å²) in [6.07, 6.45) is 0.924. The van der Waals surface area contributed by atoms with E-state index in [-0.39, 0.29) is 47.7 Å². The zero-order valence-corrected chi connectivity index (χ0v) is 25.0. The van der Waals surface area contributed by atoms with Gasteiger partial charge in [-0.25, -0.2) is 12.8 Å². The number of alkyl halides is 1. The molecule has 0 saturated carbocycles. The maximum Gasteiger partial charge on any atom is 0.255 e. The van der Waals surface area contributed by atoms with Crippen molar-refractivity contribution in [3.8, 4) is 22.5 Å². The van der Waals surface area contributed by atoms with Gasteiger partial charge in [-0.2, -0.15) is 0 Å². The number of hydrogen-bond acceptors (Lipinski definition) is 6. The summed E-state index contributed by atoms with van der Waals surface area (Å²) in [4.78, 5) is 26.2. The van der Waals surface area contributed by atoms with E-state index in [4.69, 9.17) is 4.42 Å². The highest BCUT2D eigenvalue weighted by molar-refractivity contribution is 7.92. The summed E-state index contributed by atoms with van der Waals surface area (Å²) < 4.78 is 60.1. The maximum atomic E-state index is 13.7. The first-order valence-electron chi connectivity index (χ1n) is 13.5. The molecular formula is C31H33F2N3O6S. The van der Waals surface area contributed by atoms with Gasteiger partial charge in [0.2, 0.25) is 10.0 Å². The molecule has 0 fully saturated rings. The molecule has 1 heterocycles. The minimum absolute atomic E-state index is 0.0777. The molecule has 0 aliphatic heterocycles. The topological polar surface area (TPSA) is 129 Å². The minimum Gasteiger partial charge on any atom is -0.455 e. The Morgan fingerprint density at radius 2 is 1.72 bits per heavy atom. The number of carbonyl (C=O) groups excluding carboxylic acids is 2. The summed E-state index contributed by atoms with van der Waals surface area (Å²) in [7, 11) is -2.48. The second-order valence-corrected chi connectivity index (χ2v) is 12.6. The molecule has 0 bridgehead atoms. The third kappa shape index (κ3) is 6.86. The first-order chi connectivity index (χ1) is 20.3. The third-order valence-electron chi connectivity index (χ3n) is 6.81. The predicted octanol–water partition coefficient (Wildman–Crippen LogP) is 4.89. The number of benzene rings is 3. The molecule has 2 amide bonds. The van der Waals surface area contributed by atoms with E-state index < -0.39 is 39.9 Å². The molecule has 0 aliphatic carbocycles. The lowest BCUT2D eigenvalue weighted by Crippen LogP contribution is -2.46. The normalized spacial score (nSPS) is 11.9. The van der Waals surface area contributed by atoms with Crippen molar-refractivity contribution < 1.29 is 36.3 Å². The van der Waals surface area contributed by atoms with E-state index in [1.165, 1.54) is 37.4 Å². The lowest BCUT2D eigenvalue weighted by Gasteiger charge is -2.25. The fourth-order valence-corrected chi connectivity index (χ4v) is 5.61. The number of furan rings is 1. The highest BCUT2D eigenvalue weighted by Gasteiger charge is 2.28. The molecule has 3 aromatic carbocycles. The molecule has 0 radical (unpaired) electrons. The molecule has 43 heavy (non-hydrogen) atoms. The van der Waals surface area contributed by atoms with Crippen molar-refractivity contribution in [1.82, 2.24) is 10.6 Å². The third-order valence-corrected chi connectivity index (χ3v) is 7.99. The predicted molar refractivity (Wildman–Crippen MR) is 162 cm³/mol. The molecular weight excluding hydrogens is 580 g/mol. The van der Waals surface area contributed by atoms with Gasteiger partial charge in [-0.1, -0.05) is 12.1 Å². The van der Waals surface area contributed by atoms with Crippen LogP contribution in [-0.2, 0) is 10.0 Å². The highest BCUT2D eigenvalue weighted by Crippen LogP contribution is 2.42. The molecule has 3 N–H and O–H groups in total. The number of hydrogen-bond donors (Lipinski definition) is 3. The van der Waals surface area contributed by atoms with Crippen LogP contribution < -0.4 is 14.9 Å². The van der Waals surface area contributed by atoms with Crippen LogP contribution in [0.25, 0.3) is 33.4 Å². The molecule has 1 aromatic heterocycles. The van der Waals surface area contributed by atoms with Gasteiger partial charge in [0.25, 0.3) is 11.8 Å². The largest absolute Gasteiger partial charge is 0.455 e. The van der Waals surface area contributed by atoms with Gasteiger partial charge in [-0.15, -0.1) is 0 Å². The molecule has 0 unspecified atom stereocenters. The van der Waals surface area contributed by atoms with Gasteiger partial charge in [0.1, 0.15) is 17.2 Å². The summed E-state index contributed by atoms with van der Waals surface area (Å²) in [5.74, 6) is -1.29. The maximum absolute atomic E-state index is 13.7. The molecule has 228 valence electrons. The van der Waals surface area contributed by atoms with Crippen LogP contribution in [0.1, 0.15) is 41.0 Å². The fourth-order valence-electron chi connectivity index (χ4n) is 4.64. The van der Waals surface area contributed by atoms with Crippen molar-refractivity contribution in [2.75, 3.05) is 37.4 Å². The zero-order valence-electron chi connectivity index (χ0n) is 24.2. The van der Waals surface area contributed by atoms with Gasteiger partial charge in [-0.05, 0) is 68.3 Å². The standard InChI is InChI=1S/C31H33F2N3O6S/c1-31(2,18-37)35-29(38)21-8-5-7-20(15-21)23-16-24-26(17-25(23)36(14-6-13-32)43(4,40)41)42-28(27(24)30(39)34-3)19-9-11-22(33)12-10-19/h5,7-12,15-17,37H,6,13-14,18H2,1-4H3,(H,34,39)(H,35,38). The van der Waals surface area contributed by atoms with E-state index in [0.29, 0.717) is 22.1 Å². The van der Waals surface area contributed by atoms with Crippen LogP contribution in [0.2, 0.25) is 0 Å². The monoisotopic (exact) mass is 613 g/mol. The molecule has 12 heteroatoms. The van der Waals surface area contributed by atoms with Gasteiger partial charge in [-0.3, -0.25) is 18.3 Å². The number of anilines is 1. The Morgan fingerprint density at radius 3 is 2.33 bits per heavy atom. The number of carbonyl (C=O) groups is 2. The number of fused-ring (bicyclic) bond motifs is 1. The average Bonchev–Trinajstić information content (AvgIpc) is 3.34. The van der Waals surface area contributed by atoms with Crippen molar-refractivity contribution in [3.63, 3.8) is 0 Å². The van der Waals surface area contributed by atoms with Crippen molar-refractivity contribution in [2.24, 2.45) is 0 Å². The Kier molecular flexibility index (Phi) is 9.21. The van der Waals surface area contributed by atoms with Gasteiger partial charge >= 0.3 is 0 Å². The van der Waals surface area contributed by atoms with Gasteiger partial charge < -0.3 is 20.2 Å². The van der Waals surface area contributed by atoms with Crippen LogP contribution in [-0.4, -0.2) is 64.0 Å². The van der Waals surface area contributed by atoms with E-state index >= 15 is 0 Å². The van der Waals surface area contributed by atoms with Gasteiger partial charge in [0, 0.05) is 41.7 Å². The van der Waals surface area contributed by atoms with Crippen LogP contribution in [0.4, 0.5) is 14.5 Å². The van der Waals surface area contributed by atoms with Crippen LogP contribution in [0.5, 0.6) is 0 Å². The van der Waals surface area contributed by atoms with Crippen molar-refractivity contribution >= 4 is 38.5 Å². The van der Waals surface area contributed by atoms with Crippen LogP contribution >= 0.6 is 0 Å². The van der Waals surface area contributed by atoms with Crippen LogP contribution in [0, 0.1) is 5.82 Å². The van der Waals surface area contributed by atoms with E-state index in [1.807, 2.05) is 0 Å². The fraction of sp³-hybridized carbons (Fsp3) is 0.290. The highest BCUT2D eigenvalue weighted by atomic mass is 32.2. The van der Waals surface area contributed by atoms with E-state index in [9.17, 15) is 31.9 Å². The van der Waals surface area contributed by atoms with Crippen molar-refractivity contribution in [1.29, 1.82) is 0 Å². The number of nitrogens with one attached hydrogen (secondary N) is 2. The Bertz CT molecular complexity index is 1770. The molecule has 0 spiro atoms. The number of aliphatic hydroxyl groups excluding tert-OH is 1. The second kappa shape index (κ2) is 12.5. The Morgan fingerprint density at radius 1 is 1.02 bits per heavy atom. The number of rotatable bonds is 11. The summed E-state index contributed by atoms with van der Waals surface area (Å²) in [5.41, 5.74) is 1.00. The van der Waals surface area contributed by atoms with E-state index in [0.717, 1.165) is 10.6 Å². The first-order valence-corrected chi connectivity index (χ1v) is 15.3. The van der Waals surface area contributed by atoms with Crippen LogP contribution in [0.3, 0.4) is 0 Å². The van der Waals surface area contributed by atoms with Gasteiger partial charge in [0.05, 0.1) is 36.3 Å². The number of halogens is 2. The molecule has 0 atom stereocenters. The second-order valence-electron chi connectivity index (χ2n) is 10.7. The summed E-state index contributed by atoms with van der Waals surface area (Å²) in [6.45, 7) is 2.10. The Labute approximate surface area is 248 Å². The minimum atomic E-state index is -3.93. The van der Waals surface area contributed by atoms with Gasteiger partial charge in [0.15, 0.2) is 0 Å². The van der Waals surface area contributed by atoms with Crippen molar-refractivity contribution in [2.45, 2.75) is 25.8 Å². The summed E-state index contributed by atoms with van der Waals surface area (Å²) in [6, 6.07) is 14.9. The Hall–Kier alpha value is -4.29. The molecule has 9 nitrogen and oxygen atoms in total. The number of nitrogens with zero attached hydrogens (tertiary/aromatic N) is 1. The smallest absolute Gasteiger partial charge is 0.255 e. The lowest BCUT2D eigenvalue weighted by molar-refractivity contribution is 0.0868. The summed E-state index contributed by atoms with van der Waals surface area (Å²) in [5, 5.41) is 15.3. The zero-order chi connectivity index (χ0) is 31.5. The Balaban J connectivity index is 2.03. The lowest BCUT2D eigenvalue weighted by atomic mass is 9.96. The van der Waals surface area contributed by atoms with E-state index in [2.05, 4.69) is 10.6 Å². The number of amides is 2. The molecule has 4 rings (SSSR count). The van der Waals surface area contributed by atoms with Crippen LogP contribution in [0.15, 0.2) is 65.1 Å². The SMILES string of the molecule is CNC(=O)c1c(-c2ccc(F)cc2)oc2cc(N(CCCF)S(C)(=O)=O)c(-c3cccc(C(=O)NC(C)(C)CO)c3)cc12. The molecule has 0 aliphatic rings. The first kappa shape index (κ1) is 31.6. The molecule has 0 saturated heterocycles.